The Kier molecular flexibility index (Phi) is 5.43. The minimum atomic E-state index is -3.88. The highest BCUT2D eigenvalue weighted by molar-refractivity contribution is 7.92. The standard InChI is InChI=1S/C17H17NO6S/c1-11-4-6-15(7-5-11)25(21,22)18-14-9-12(16(19)23-2)8-13(10-14)17(20)24-3/h4-10,18H,1-3H3. The maximum atomic E-state index is 12.5. The molecule has 0 spiro atoms. The summed E-state index contributed by atoms with van der Waals surface area (Å²) in [6.45, 7) is 1.84. The summed E-state index contributed by atoms with van der Waals surface area (Å²) in [6, 6.07) is 10.1. The molecule has 2 aromatic carbocycles. The molecule has 0 amide bonds. The first kappa shape index (κ1) is 18.5. The average Bonchev–Trinajstić information content (AvgIpc) is 2.59. The molecule has 25 heavy (non-hydrogen) atoms. The highest BCUT2D eigenvalue weighted by Crippen LogP contribution is 2.21. The summed E-state index contributed by atoms with van der Waals surface area (Å²) < 4.78 is 36.5. The second-order valence-corrected chi connectivity index (χ2v) is 6.88. The summed E-state index contributed by atoms with van der Waals surface area (Å²) in [4.78, 5) is 23.6. The first-order valence-corrected chi connectivity index (χ1v) is 8.66. The fraction of sp³-hybridized carbons (Fsp3) is 0.176. The molecule has 7 nitrogen and oxygen atoms in total. The quantitative estimate of drug-likeness (QED) is 0.819. The maximum Gasteiger partial charge on any atom is 0.337 e. The molecule has 132 valence electrons. The van der Waals surface area contributed by atoms with Gasteiger partial charge in [0.05, 0.1) is 35.9 Å². The Hall–Kier alpha value is -2.87. The fourth-order valence-corrected chi connectivity index (χ4v) is 3.13. The van der Waals surface area contributed by atoms with Crippen LogP contribution in [0.2, 0.25) is 0 Å². The predicted octanol–water partition coefficient (Wildman–Crippen LogP) is 2.37. The SMILES string of the molecule is COC(=O)c1cc(NS(=O)(=O)c2ccc(C)cc2)cc(C(=O)OC)c1. The van der Waals surface area contributed by atoms with Gasteiger partial charge >= 0.3 is 11.9 Å². The molecule has 0 heterocycles. The first-order valence-electron chi connectivity index (χ1n) is 7.18. The van der Waals surface area contributed by atoms with Gasteiger partial charge in [-0.05, 0) is 37.3 Å². The molecule has 0 radical (unpaired) electrons. The first-order chi connectivity index (χ1) is 11.8. The van der Waals surface area contributed by atoms with Crippen LogP contribution in [-0.4, -0.2) is 34.6 Å². The van der Waals surface area contributed by atoms with Crippen LogP contribution < -0.4 is 4.72 Å². The molecule has 0 aliphatic rings. The average molecular weight is 363 g/mol. The zero-order valence-corrected chi connectivity index (χ0v) is 14.7. The van der Waals surface area contributed by atoms with Crippen LogP contribution in [0.4, 0.5) is 5.69 Å². The number of nitrogens with one attached hydrogen (secondary N) is 1. The van der Waals surface area contributed by atoms with Crippen LogP contribution in [-0.2, 0) is 19.5 Å². The molecule has 0 aromatic heterocycles. The van der Waals surface area contributed by atoms with Gasteiger partial charge in [0.1, 0.15) is 0 Å². The van der Waals surface area contributed by atoms with E-state index in [1.807, 2.05) is 6.92 Å². The van der Waals surface area contributed by atoms with Crippen molar-refractivity contribution in [2.45, 2.75) is 11.8 Å². The van der Waals surface area contributed by atoms with Crippen LogP contribution in [0.15, 0.2) is 47.4 Å². The van der Waals surface area contributed by atoms with Gasteiger partial charge in [0, 0.05) is 0 Å². The molecule has 0 atom stereocenters. The van der Waals surface area contributed by atoms with Crippen molar-refractivity contribution in [3.8, 4) is 0 Å². The van der Waals surface area contributed by atoms with E-state index in [0.29, 0.717) is 0 Å². The lowest BCUT2D eigenvalue weighted by molar-refractivity contribution is 0.0599. The largest absolute Gasteiger partial charge is 0.465 e. The van der Waals surface area contributed by atoms with Crippen molar-refractivity contribution in [3.63, 3.8) is 0 Å². The number of hydrogen-bond acceptors (Lipinski definition) is 6. The molecule has 0 fully saturated rings. The van der Waals surface area contributed by atoms with Gasteiger partial charge in [-0.3, -0.25) is 4.72 Å². The van der Waals surface area contributed by atoms with E-state index in [4.69, 9.17) is 0 Å². The Morgan fingerprint density at radius 3 is 1.80 bits per heavy atom. The van der Waals surface area contributed by atoms with E-state index in [9.17, 15) is 18.0 Å². The number of hydrogen-bond donors (Lipinski definition) is 1. The van der Waals surface area contributed by atoms with E-state index in [1.165, 1.54) is 44.6 Å². The molecule has 2 aromatic rings. The number of rotatable bonds is 5. The highest BCUT2D eigenvalue weighted by atomic mass is 32.2. The molecule has 0 saturated heterocycles. The number of carbonyl (C=O) groups excluding carboxylic acids is 2. The lowest BCUT2D eigenvalue weighted by Gasteiger charge is -2.11. The van der Waals surface area contributed by atoms with Gasteiger partial charge < -0.3 is 9.47 Å². The number of benzene rings is 2. The van der Waals surface area contributed by atoms with E-state index in [0.717, 1.165) is 5.56 Å². The van der Waals surface area contributed by atoms with Gasteiger partial charge in [-0.2, -0.15) is 0 Å². The van der Waals surface area contributed by atoms with Crippen LogP contribution in [0.3, 0.4) is 0 Å². The summed E-state index contributed by atoms with van der Waals surface area (Å²) in [5, 5.41) is 0. The number of aryl methyl sites for hydroxylation is 1. The summed E-state index contributed by atoms with van der Waals surface area (Å²) in [5.41, 5.74) is 1.00. The van der Waals surface area contributed by atoms with Crippen molar-refractivity contribution in [3.05, 3.63) is 59.2 Å². The zero-order valence-electron chi connectivity index (χ0n) is 13.9. The Morgan fingerprint density at radius 1 is 0.880 bits per heavy atom. The third-order valence-electron chi connectivity index (χ3n) is 3.36. The van der Waals surface area contributed by atoms with E-state index < -0.39 is 22.0 Å². The van der Waals surface area contributed by atoms with Crippen molar-refractivity contribution in [1.29, 1.82) is 0 Å². The third kappa shape index (κ3) is 4.36. The van der Waals surface area contributed by atoms with Crippen LogP contribution in [0, 0.1) is 6.92 Å². The van der Waals surface area contributed by atoms with E-state index in [-0.39, 0.29) is 21.7 Å². The molecule has 8 heteroatoms. The Morgan fingerprint density at radius 2 is 1.36 bits per heavy atom. The molecule has 2 rings (SSSR count). The van der Waals surface area contributed by atoms with E-state index in [2.05, 4.69) is 14.2 Å². The molecule has 0 aliphatic heterocycles. The highest BCUT2D eigenvalue weighted by Gasteiger charge is 2.18. The van der Waals surface area contributed by atoms with Gasteiger partial charge in [0.25, 0.3) is 10.0 Å². The monoisotopic (exact) mass is 363 g/mol. The topological polar surface area (TPSA) is 98.8 Å². The molecular formula is C17H17NO6S. The molecule has 0 aliphatic carbocycles. The van der Waals surface area contributed by atoms with Crippen molar-refractivity contribution >= 4 is 27.6 Å². The number of carbonyl (C=O) groups is 2. The lowest BCUT2D eigenvalue weighted by atomic mass is 10.1. The number of sulfonamides is 1. The molecule has 1 N–H and O–H groups in total. The van der Waals surface area contributed by atoms with Crippen molar-refractivity contribution in [1.82, 2.24) is 0 Å². The van der Waals surface area contributed by atoms with Gasteiger partial charge in [-0.25, -0.2) is 18.0 Å². The molecule has 0 bridgehead atoms. The summed E-state index contributed by atoms with van der Waals surface area (Å²) in [5.74, 6) is -1.41. The van der Waals surface area contributed by atoms with Crippen molar-refractivity contribution in [2.75, 3.05) is 18.9 Å². The minimum Gasteiger partial charge on any atom is -0.465 e. The fourth-order valence-electron chi connectivity index (χ4n) is 2.09. The maximum absolute atomic E-state index is 12.5. The molecular weight excluding hydrogens is 346 g/mol. The van der Waals surface area contributed by atoms with Crippen molar-refractivity contribution in [2.24, 2.45) is 0 Å². The predicted molar refractivity (Wildman–Crippen MR) is 91.1 cm³/mol. The number of methoxy groups -OCH3 is 2. The second-order valence-electron chi connectivity index (χ2n) is 5.20. The smallest absolute Gasteiger partial charge is 0.337 e. The van der Waals surface area contributed by atoms with Crippen LogP contribution >= 0.6 is 0 Å². The molecule has 0 unspecified atom stereocenters. The van der Waals surface area contributed by atoms with Gasteiger partial charge in [-0.1, -0.05) is 17.7 Å². The minimum absolute atomic E-state index is 0.0204. The van der Waals surface area contributed by atoms with E-state index >= 15 is 0 Å². The van der Waals surface area contributed by atoms with Crippen LogP contribution in [0.1, 0.15) is 26.3 Å². The van der Waals surface area contributed by atoms with Gasteiger partial charge in [-0.15, -0.1) is 0 Å². The number of esters is 2. The van der Waals surface area contributed by atoms with E-state index in [1.54, 1.807) is 12.1 Å². The summed E-state index contributed by atoms with van der Waals surface area (Å²) >= 11 is 0. The number of anilines is 1. The number of ether oxygens (including phenoxy) is 2. The Balaban J connectivity index is 2.45. The Bertz CT molecular complexity index is 869. The van der Waals surface area contributed by atoms with Crippen molar-refractivity contribution < 1.29 is 27.5 Å². The summed E-state index contributed by atoms with van der Waals surface area (Å²) in [7, 11) is -1.52. The molecule has 0 saturated carbocycles. The second kappa shape index (κ2) is 7.35. The summed E-state index contributed by atoms with van der Waals surface area (Å²) in [6.07, 6.45) is 0. The normalized spacial score (nSPS) is 10.8. The lowest BCUT2D eigenvalue weighted by Crippen LogP contribution is -2.15. The van der Waals surface area contributed by atoms with Crippen LogP contribution in [0.25, 0.3) is 0 Å². The van der Waals surface area contributed by atoms with Crippen LogP contribution in [0.5, 0.6) is 0 Å². The van der Waals surface area contributed by atoms with Gasteiger partial charge in [0.15, 0.2) is 0 Å². The third-order valence-corrected chi connectivity index (χ3v) is 4.76. The van der Waals surface area contributed by atoms with Gasteiger partial charge in [0.2, 0.25) is 0 Å². The zero-order chi connectivity index (χ0) is 18.6. The Labute approximate surface area is 145 Å².